The van der Waals surface area contributed by atoms with Crippen molar-refractivity contribution in [3.63, 3.8) is 0 Å². The number of nitrogens with two attached hydrogens (primary N) is 1. The highest BCUT2D eigenvalue weighted by molar-refractivity contribution is 5.86. The first-order valence-corrected chi connectivity index (χ1v) is 9.07. The Morgan fingerprint density at radius 3 is 2.33 bits per heavy atom. The first-order chi connectivity index (χ1) is 13.4. The zero-order chi connectivity index (χ0) is 19.9. The van der Waals surface area contributed by atoms with E-state index in [9.17, 15) is 13.6 Å². The van der Waals surface area contributed by atoms with Gasteiger partial charge in [0.05, 0.1) is 6.54 Å². The molecule has 1 saturated heterocycles. The number of hydrogen-bond acceptors (Lipinski definition) is 4. The molecule has 1 fully saturated rings. The van der Waals surface area contributed by atoms with E-state index in [-0.39, 0.29) is 31.4 Å². The average molecular weight is 459 g/mol. The lowest BCUT2D eigenvalue weighted by Crippen LogP contribution is -2.49. The number of rotatable bonds is 3. The smallest absolute Gasteiger partial charge is 0.317 e. The third kappa shape index (κ3) is 4.53. The fourth-order valence-electron chi connectivity index (χ4n) is 3.87. The molecule has 4 rings (SSSR count). The molecule has 5 nitrogen and oxygen atoms in total. The van der Waals surface area contributed by atoms with Crippen LogP contribution in [0.3, 0.4) is 0 Å². The predicted octanol–water partition coefficient (Wildman–Crippen LogP) is 4.13. The number of nitrogens with zero attached hydrogens (tertiary/aromatic N) is 1. The van der Waals surface area contributed by atoms with Gasteiger partial charge < -0.3 is 15.6 Å². The quantitative estimate of drug-likeness (QED) is 0.676. The van der Waals surface area contributed by atoms with Crippen molar-refractivity contribution >= 4 is 42.0 Å². The maximum absolute atomic E-state index is 14.1. The van der Waals surface area contributed by atoms with Crippen molar-refractivity contribution in [3.8, 4) is 5.75 Å². The summed E-state index contributed by atoms with van der Waals surface area (Å²) in [6.45, 7) is 1.10. The zero-order valence-corrected chi connectivity index (χ0v) is 17.6. The number of benzene rings is 2. The molecule has 0 saturated carbocycles. The third-order valence-electron chi connectivity index (χ3n) is 5.35. The number of fused-ring (bicyclic) bond motifs is 1. The number of para-hydroxylation sites is 1. The van der Waals surface area contributed by atoms with Gasteiger partial charge in [0.15, 0.2) is 0 Å². The van der Waals surface area contributed by atoms with Gasteiger partial charge in [-0.3, -0.25) is 9.69 Å². The van der Waals surface area contributed by atoms with Gasteiger partial charge in [-0.2, -0.15) is 0 Å². The number of carbonyl (C=O) groups is 1. The maximum Gasteiger partial charge on any atom is 0.317 e. The van der Waals surface area contributed by atoms with Crippen LogP contribution in [0.4, 0.5) is 14.5 Å². The minimum absolute atomic E-state index is 0. The van der Waals surface area contributed by atoms with E-state index < -0.39 is 28.9 Å². The number of likely N-dealkylation sites (tertiary alicyclic amines) is 1. The van der Waals surface area contributed by atoms with Crippen molar-refractivity contribution in [2.75, 3.05) is 25.4 Å². The van der Waals surface area contributed by atoms with Gasteiger partial charge in [0.1, 0.15) is 28.7 Å². The Morgan fingerprint density at radius 2 is 1.73 bits per heavy atom. The number of aliphatic carboxylic acids is 1. The molecule has 2 aliphatic rings. The second kappa shape index (κ2) is 9.20. The minimum atomic E-state index is -0.866. The van der Waals surface area contributed by atoms with Gasteiger partial charge in [-0.1, -0.05) is 18.2 Å². The Morgan fingerprint density at radius 1 is 1.13 bits per heavy atom. The molecule has 0 atom stereocenters. The van der Waals surface area contributed by atoms with E-state index in [1.807, 2.05) is 35.2 Å². The van der Waals surface area contributed by atoms with Gasteiger partial charge in [-0.25, -0.2) is 8.78 Å². The molecule has 2 aromatic rings. The zero-order valence-electron chi connectivity index (χ0n) is 15.9. The van der Waals surface area contributed by atoms with E-state index in [1.165, 1.54) is 12.1 Å². The predicted molar refractivity (Wildman–Crippen MR) is 115 cm³/mol. The summed E-state index contributed by atoms with van der Waals surface area (Å²) < 4.78 is 34.5. The summed E-state index contributed by atoms with van der Waals surface area (Å²) >= 11 is 0. The van der Waals surface area contributed by atoms with Crippen LogP contribution in [0.25, 0.3) is 5.57 Å². The highest BCUT2D eigenvalue weighted by Gasteiger charge is 2.39. The van der Waals surface area contributed by atoms with Gasteiger partial charge in [-0.05, 0) is 35.4 Å². The van der Waals surface area contributed by atoms with Crippen molar-refractivity contribution in [2.24, 2.45) is 0 Å². The van der Waals surface area contributed by atoms with E-state index in [2.05, 4.69) is 0 Å². The Hall–Kier alpha value is -2.35. The molecule has 0 amide bonds. The van der Waals surface area contributed by atoms with Crippen LogP contribution >= 0.6 is 24.8 Å². The van der Waals surface area contributed by atoms with Crippen molar-refractivity contribution in [3.05, 3.63) is 65.2 Å². The molecule has 0 aliphatic carbocycles. The molecule has 0 bridgehead atoms. The summed E-state index contributed by atoms with van der Waals surface area (Å²) in [6, 6.07) is 9.84. The van der Waals surface area contributed by atoms with Crippen molar-refractivity contribution in [1.82, 2.24) is 4.90 Å². The molecule has 3 N–H and O–H groups in total. The lowest BCUT2D eigenvalue weighted by atomic mass is 9.83. The normalized spacial score (nSPS) is 17.1. The molecule has 1 spiro atoms. The van der Waals surface area contributed by atoms with Crippen molar-refractivity contribution in [2.45, 2.75) is 18.4 Å². The van der Waals surface area contributed by atoms with Crippen LogP contribution in [0.5, 0.6) is 5.75 Å². The van der Waals surface area contributed by atoms with Crippen LogP contribution in [0.15, 0.2) is 42.5 Å². The topological polar surface area (TPSA) is 75.8 Å². The van der Waals surface area contributed by atoms with E-state index in [0.717, 1.165) is 5.56 Å². The molecule has 0 radical (unpaired) electrons. The number of carboxylic acids is 1. The molecule has 30 heavy (non-hydrogen) atoms. The number of halogens is 4. The summed E-state index contributed by atoms with van der Waals surface area (Å²) in [5.41, 5.74) is 6.11. The second-order valence-corrected chi connectivity index (χ2v) is 7.24. The number of nitrogen functional groups attached to an aromatic ring is 1. The molecular weight excluding hydrogens is 437 g/mol. The summed E-state index contributed by atoms with van der Waals surface area (Å²) in [4.78, 5) is 12.8. The number of ether oxygens (including phenoxy) is 1. The third-order valence-corrected chi connectivity index (χ3v) is 5.35. The Balaban J connectivity index is 0.00000160. The van der Waals surface area contributed by atoms with Gasteiger partial charge in [0.2, 0.25) is 0 Å². The van der Waals surface area contributed by atoms with Gasteiger partial charge in [0.25, 0.3) is 0 Å². The fraction of sp³-hybridized carbons (Fsp3) is 0.286. The molecule has 0 aromatic heterocycles. The molecule has 2 aromatic carbocycles. The molecule has 2 aliphatic heterocycles. The van der Waals surface area contributed by atoms with Crippen molar-refractivity contribution in [1.29, 1.82) is 0 Å². The monoisotopic (exact) mass is 458 g/mol. The number of anilines is 1. The molecule has 0 unspecified atom stereocenters. The number of piperidine rings is 1. The van der Waals surface area contributed by atoms with Crippen LogP contribution < -0.4 is 10.5 Å². The number of carboxylic acid groups (broad SMARTS) is 1. The average Bonchev–Trinajstić information content (AvgIpc) is 2.67. The van der Waals surface area contributed by atoms with E-state index in [4.69, 9.17) is 15.6 Å². The van der Waals surface area contributed by atoms with Crippen LogP contribution in [0.1, 0.15) is 24.0 Å². The Kier molecular flexibility index (Phi) is 7.34. The standard InChI is InChI=1S/C21H20F2N2O3.2ClH/c22-16-9-13(10-17(23)20(16)24)15-11-21(28-18-4-2-1-3-14(15)18)5-7-25(8-6-21)12-19(26)27;;/h1-4,9-11H,5-8,12,24H2,(H,26,27);2*1H. The molecule has 2 heterocycles. The molecule has 162 valence electrons. The Bertz CT molecular complexity index is 953. The highest BCUT2D eigenvalue weighted by atomic mass is 35.5. The molecular formula is C21H22Cl2F2N2O3. The van der Waals surface area contributed by atoms with Gasteiger partial charge in [-0.15, -0.1) is 24.8 Å². The van der Waals surface area contributed by atoms with Crippen molar-refractivity contribution < 1.29 is 23.4 Å². The minimum Gasteiger partial charge on any atom is -0.482 e. The fourth-order valence-corrected chi connectivity index (χ4v) is 3.87. The maximum atomic E-state index is 14.1. The lowest BCUT2D eigenvalue weighted by Gasteiger charge is -2.42. The van der Waals surface area contributed by atoms with E-state index in [0.29, 0.717) is 42.8 Å². The van der Waals surface area contributed by atoms with E-state index in [1.54, 1.807) is 0 Å². The highest BCUT2D eigenvalue weighted by Crippen LogP contribution is 2.43. The molecule has 9 heteroatoms. The summed E-state index contributed by atoms with van der Waals surface area (Å²) in [5, 5.41) is 9.00. The SMILES string of the molecule is Cl.Cl.Nc1c(F)cc(C2=CC3(CCN(CC(=O)O)CC3)Oc3ccccc32)cc1F. The summed E-state index contributed by atoms with van der Waals surface area (Å²) in [7, 11) is 0. The Labute approximate surface area is 185 Å². The largest absolute Gasteiger partial charge is 0.482 e. The lowest BCUT2D eigenvalue weighted by molar-refractivity contribution is -0.139. The first-order valence-electron chi connectivity index (χ1n) is 9.07. The van der Waals surface area contributed by atoms with Crippen LogP contribution in [0.2, 0.25) is 0 Å². The van der Waals surface area contributed by atoms with Gasteiger partial charge in [0, 0.05) is 31.5 Å². The first kappa shape index (κ1) is 23.9. The van der Waals surface area contributed by atoms with Gasteiger partial charge >= 0.3 is 5.97 Å². The number of hydrogen-bond donors (Lipinski definition) is 2. The van der Waals surface area contributed by atoms with Crippen LogP contribution in [0, 0.1) is 11.6 Å². The summed E-state index contributed by atoms with van der Waals surface area (Å²) in [5.74, 6) is -1.82. The van der Waals surface area contributed by atoms with Crippen LogP contribution in [-0.4, -0.2) is 41.2 Å². The van der Waals surface area contributed by atoms with E-state index >= 15 is 0 Å². The second-order valence-electron chi connectivity index (χ2n) is 7.24. The summed E-state index contributed by atoms with van der Waals surface area (Å²) in [6.07, 6.45) is 3.08. The van der Waals surface area contributed by atoms with Crippen LogP contribution in [-0.2, 0) is 4.79 Å².